The molecule has 50 valence electrons. The molecule has 2 radical (unpaired) electrons. The molecule has 1 aromatic rings. The lowest BCUT2D eigenvalue weighted by molar-refractivity contribution is 0.619. The normalized spacial score (nSPS) is 9.80. The number of benzene rings is 1. The third kappa shape index (κ3) is 1.60. The van der Waals surface area contributed by atoms with Gasteiger partial charge in [-0.1, -0.05) is 33.5 Å². The van der Waals surface area contributed by atoms with E-state index in [9.17, 15) is 4.39 Å². The zero-order chi connectivity index (χ0) is 7.56. The minimum atomic E-state index is -0.253. The van der Waals surface area contributed by atoms with Crippen LogP contribution in [-0.2, 0) is 5.33 Å². The van der Waals surface area contributed by atoms with Crippen molar-refractivity contribution in [2.75, 3.05) is 0 Å². The van der Waals surface area contributed by atoms with Crippen LogP contribution in [0, 0.1) is 5.82 Å². The highest BCUT2D eigenvalue weighted by Gasteiger charge is 1.97. The molecule has 3 heteroatoms. The topological polar surface area (TPSA) is 0 Å². The van der Waals surface area contributed by atoms with Crippen LogP contribution in [0.2, 0.25) is 0 Å². The van der Waals surface area contributed by atoms with Gasteiger partial charge in [0.2, 0.25) is 0 Å². The van der Waals surface area contributed by atoms with Gasteiger partial charge in [0, 0.05) is 5.33 Å². The van der Waals surface area contributed by atoms with Gasteiger partial charge in [0.05, 0.1) is 0 Å². The first-order valence-corrected chi connectivity index (χ1v) is 3.96. The lowest BCUT2D eigenvalue weighted by atomic mass is 9.95. The Labute approximate surface area is 69.0 Å². The van der Waals surface area contributed by atoms with Crippen LogP contribution in [0.25, 0.3) is 0 Å². The molecule has 0 fully saturated rings. The average molecular weight is 199 g/mol. The summed E-state index contributed by atoms with van der Waals surface area (Å²) in [4.78, 5) is 0. The summed E-state index contributed by atoms with van der Waals surface area (Å²) in [6, 6.07) is 4.66. The molecule has 0 aromatic heterocycles. The minimum Gasteiger partial charge on any atom is -0.207 e. The molecule has 0 saturated carbocycles. The van der Waals surface area contributed by atoms with E-state index in [4.69, 9.17) is 7.85 Å². The second-order valence-corrected chi connectivity index (χ2v) is 2.55. The number of hydrogen-bond donors (Lipinski definition) is 0. The quantitative estimate of drug-likeness (QED) is 0.474. The first-order chi connectivity index (χ1) is 4.74. The first-order valence-electron chi connectivity index (χ1n) is 2.84. The van der Waals surface area contributed by atoms with Crippen molar-refractivity contribution in [2.24, 2.45) is 0 Å². The van der Waals surface area contributed by atoms with Crippen LogP contribution in [-0.4, -0.2) is 7.85 Å². The molecule has 0 spiro atoms. The van der Waals surface area contributed by atoms with E-state index in [2.05, 4.69) is 15.9 Å². The van der Waals surface area contributed by atoms with E-state index in [1.54, 1.807) is 12.1 Å². The summed E-state index contributed by atoms with van der Waals surface area (Å²) in [5.41, 5.74) is 1.09. The Balaban J connectivity index is 3.07. The molecular weight excluding hydrogens is 194 g/mol. The van der Waals surface area contributed by atoms with Crippen LogP contribution in [0.15, 0.2) is 18.2 Å². The smallest absolute Gasteiger partial charge is 0.126 e. The third-order valence-electron chi connectivity index (χ3n) is 1.22. The average Bonchev–Trinajstić information content (AvgIpc) is 1.88. The van der Waals surface area contributed by atoms with Gasteiger partial charge in [-0.3, -0.25) is 0 Å². The van der Waals surface area contributed by atoms with Crippen LogP contribution >= 0.6 is 15.9 Å². The molecule has 0 aliphatic carbocycles. The Morgan fingerprint density at radius 2 is 2.20 bits per heavy atom. The Morgan fingerprint density at radius 1 is 1.50 bits per heavy atom. The maximum Gasteiger partial charge on any atom is 0.126 e. The molecule has 0 unspecified atom stereocenters. The molecule has 1 aromatic carbocycles. The van der Waals surface area contributed by atoms with Gasteiger partial charge >= 0.3 is 0 Å². The van der Waals surface area contributed by atoms with Crippen molar-refractivity contribution in [2.45, 2.75) is 5.33 Å². The number of rotatable bonds is 1. The van der Waals surface area contributed by atoms with Gasteiger partial charge in [-0.15, -0.1) is 0 Å². The summed E-state index contributed by atoms with van der Waals surface area (Å²) in [5.74, 6) is -0.253. The van der Waals surface area contributed by atoms with E-state index < -0.39 is 0 Å². The third-order valence-corrected chi connectivity index (χ3v) is 1.83. The predicted molar refractivity (Wildman–Crippen MR) is 44.4 cm³/mol. The molecule has 1 rings (SSSR count). The number of halogens is 2. The summed E-state index contributed by atoms with van der Waals surface area (Å²) < 4.78 is 12.7. The van der Waals surface area contributed by atoms with Gasteiger partial charge in [0.25, 0.3) is 0 Å². The van der Waals surface area contributed by atoms with Crippen molar-refractivity contribution in [3.8, 4) is 0 Å². The molecule has 0 heterocycles. The van der Waals surface area contributed by atoms with Crippen molar-refractivity contribution in [3.05, 3.63) is 29.6 Å². The van der Waals surface area contributed by atoms with Gasteiger partial charge in [-0.25, -0.2) is 4.39 Å². The van der Waals surface area contributed by atoms with Gasteiger partial charge < -0.3 is 0 Å². The molecule has 0 atom stereocenters. The van der Waals surface area contributed by atoms with Crippen molar-refractivity contribution >= 4 is 29.2 Å². The fourth-order valence-electron chi connectivity index (χ4n) is 0.672. The zero-order valence-electron chi connectivity index (χ0n) is 5.27. The van der Waals surface area contributed by atoms with Crippen molar-refractivity contribution in [1.29, 1.82) is 0 Å². The Kier molecular flexibility index (Phi) is 2.49. The maximum atomic E-state index is 12.7. The van der Waals surface area contributed by atoms with Crippen LogP contribution < -0.4 is 5.46 Å². The highest BCUT2D eigenvalue weighted by Crippen LogP contribution is 2.08. The molecule has 0 N–H and O–H groups in total. The standard InChI is InChI=1S/C7H5BBrF/c8-6-2-1-5(4-9)7(10)3-6/h1-3H,4H2. The van der Waals surface area contributed by atoms with E-state index in [-0.39, 0.29) is 5.82 Å². The van der Waals surface area contributed by atoms with Crippen molar-refractivity contribution < 1.29 is 4.39 Å². The van der Waals surface area contributed by atoms with Crippen molar-refractivity contribution in [1.82, 2.24) is 0 Å². The molecule has 10 heavy (non-hydrogen) atoms. The molecule has 0 saturated heterocycles. The minimum absolute atomic E-state index is 0.253. The largest absolute Gasteiger partial charge is 0.207 e. The Hall–Kier alpha value is -0.305. The number of hydrogen-bond acceptors (Lipinski definition) is 0. The van der Waals surface area contributed by atoms with E-state index in [1.165, 1.54) is 6.07 Å². The van der Waals surface area contributed by atoms with E-state index in [1.807, 2.05) is 0 Å². The molecule has 0 aliphatic rings. The van der Waals surface area contributed by atoms with Gasteiger partial charge in [0.1, 0.15) is 13.7 Å². The first kappa shape index (κ1) is 7.80. The summed E-state index contributed by atoms with van der Waals surface area (Å²) in [6.07, 6.45) is 0. The van der Waals surface area contributed by atoms with E-state index in [0.29, 0.717) is 16.4 Å². The fraction of sp³-hybridized carbons (Fsp3) is 0.143. The zero-order valence-corrected chi connectivity index (χ0v) is 6.86. The van der Waals surface area contributed by atoms with Gasteiger partial charge in [0.15, 0.2) is 0 Å². The highest BCUT2D eigenvalue weighted by molar-refractivity contribution is 9.08. The lowest BCUT2D eigenvalue weighted by Crippen LogP contribution is -2.03. The monoisotopic (exact) mass is 198 g/mol. The maximum absolute atomic E-state index is 12.7. The van der Waals surface area contributed by atoms with Crippen LogP contribution in [0.3, 0.4) is 0 Å². The molecule has 0 nitrogen and oxygen atoms in total. The van der Waals surface area contributed by atoms with E-state index in [0.717, 1.165) is 0 Å². The second-order valence-electron chi connectivity index (χ2n) is 1.98. The highest BCUT2D eigenvalue weighted by atomic mass is 79.9. The lowest BCUT2D eigenvalue weighted by Gasteiger charge is -1.98. The summed E-state index contributed by atoms with van der Waals surface area (Å²) in [7, 11) is 5.33. The molecule has 0 aliphatic heterocycles. The molecule has 0 bridgehead atoms. The number of alkyl halides is 1. The van der Waals surface area contributed by atoms with Gasteiger partial charge in [-0.2, -0.15) is 0 Å². The van der Waals surface area contributed by atoms with Gasteiger partial charge in [-0.05, 0) is 11.6 Å². The second kappa shape index (κ2) is 3.19. The Morgan fingerprint density at radius 3 is 2.70 bits per heavy atom. The van der Waals surface area contributed by atoms with Crippen LogP contribution in [0.5, 0.6) is 0 Å². The summed E-state index contributed by atoms with van der Waals surface area (Å²) in [6.45, 7) is 0. The fourth-order valence-corrected chi connectivity index (χ4v) is 1.13. The SMILES string of the molecule is [B]c1ccc(CBr)c(F)c1. The van der Waals surface area contributed by atoms with Crippen molar-refractivity contribution in [3.63, 3.8) is 0 Å². The Bertz CT molecular complexity index is 237. The van der Waals surface area contributed by atoms with Crippen LogP contribution in [0.1, 0.15) is 5.56 Å². The van der Waals surface area contributed by atoms with Crippen LogP contribution in [0.4, 0.5) is 4.39 Å². The van der Waals surface area contributed by atoms with E-state index >= 15 is 0 Å². The predicted octanol–water partition coefficient (Wildman–Crippen LogP) is 1.51. The summed E-state index contributed by atoms with van der Waals surface area (Å²) >= 11 is 3.15. The molecule has 0 amide bonds. The molecular formula is C7H5BBrF. The summed E-state index contributed by atoms with van der Waals surface area (Å²) in [5, 5.41) is 0.527.